The van der Waals surface area contributed by atoms with E-state index in [1.165, 1.54) is 28.0 Å². The number of carboxylic acid groups (broad SMARTS) is 1. The molecule has 0 unspecified atom stereocenters. The number of rotatable bonds is 10. The summed E-state index contributed by atoms with van der Waals surface area (Å²) in [5.74, 6) is -2.74. The molecule has 15 nitrogen and oxygen atoms in total. The van der Waals surface area contributed by atoms with Crippen LogP contribution in [0.4, 0.5) is 5.13 Å². The van der Waals surface area contributed by atoms with Gasteiger partial charge in [-0.1, -0.05) is 16.5 Å². The van der Waals surface area contributed by atoms with Gasteiger partial charge in [0, 0.05) is 28.2 Å². The molecule has 0 bridgehead atoms. The minimum absolute atomic E-state index is 0.0414. The lowest BCUT2D eigenvalue weighted by molar-refractivity contribution is -0.687. The highest BCUT2D eigenvalue weighted by Crippen LogP contribution is 2.40. The Morgan fingerprint density at radius 3 is 2.85 bits per heavy atom. The summed E-state index contributed by atoms with van der Waals surface area (Å²) in [6.45, 7) is 2.08. The highest BCUT2D eigenvalue weighted by atomic mass is 32.2. The molecular formula is C21H22N9O6S3+. The van der Waals surface area contributed by atoms with Gasteiger partial charge in [0.15, 0.2) is 5.13 Å². The molecule has 0 aromatic carbocycles. The number of aromatic nitrogens is 4. The normalized spacial score (nSPS) is 19.2. The van der Waals surface area contributed by atoms with E-state index in [2.05, 4.69) is 19.8 Å². The topological polar surface area (TPSA) is 211 Å². The molecule has 5 heterocycles. The standard InChI is InChI=1S/C21H21N9O6S3/c1-2-36-26-13(16-25-21(23)39-27-16)17(32)24-14-18(33)30-15(20(34)35)9(6-38-19(14)30)4-28-5-12-29(8-28)10(7-37-12)3-11(22)31/h5,7-8,14,19H,2-4,6H2,1H3,(H5-,22,23,24,25,27,31,32,34,35)/p+1/b26-13-/t14-,19-/m1/s1. The summed E-state index contributed by atoms with van der Waals surface area (Å²) in [6, 6.07) is -0.981. The van der Waals surface area contributed by atoms with Crippen molar-refractivity contribution in [2.24, 2.45) is 10.9 Å². The van der Waals surface area contributed by atoms with Crippen molar-refractivity contribution in [3.8, 4) is 0 Å². The van der Waals surface area contributed by atoms with Gasteiger partial charge in [0.05, 0.1) is 6.42 Å². The quantitative estimate of drug-likeness (QED) is 0.0968. The molecule has 2 aliphatic heterocycles. The molecule has 0 aliphatic carbocycles. The van der Waals surface area contributed by atoms with Gasteiger partial charge in [-0.25, -0.2) is 9.36 Å². The number of fused-ring (bicyclic) bond motifs is 2. The highest BCUT2D eigenvalue weighted by Gasteiger charge is 2.54. The summed E-state index contributed by atoms with van der Waals surface area (Å²) in [6.07, 6.45) is 3.66. The summed E-state index contributed by atoms with van der Waals surface area (Å²) < 4.78 is 7.59. The second-order valence-electron chi connectivity index (χ2n) is 8.43. The number of primary amides is 1. The Morgan fingerprint density at radius 2 is 2.18 bits per heavy atom. The van der Waals surface area contributed by atoms with E-state index in [1.54, 1.807) is 17.8 Å². The van der Waals surface area contributed by atoms with Crippen molar-refractivity contribution in [2.45, 2.75) is 31.3 Å². The first kappa shape index (κ1) is 26.6. The zero-order chi connectivity index (χ0) is 27.8. The van der Waals surface area contributed by atoms with Crippen LogP contribution in [0.1, 0.15) is 18.4 Å². The number of aliphatic carboxylic acids is 1. The maximum absolute atomic E-state index is 13.1. The number of carbonyl (C=O) groups excluding carboxylic acids is 3. The van der Waals surface area contributed by atoms with Crippen LogP contribution in [0.5, 0.6) is 0 Å². The first-order chi connectivity index (χ1) is 18.7. The molecule has 0 saturated carbocycles. The average molecular weight is 593 g/mol. The number of carbonyl (C=O) groups is 4. The largest absolute Gasteiger partial charge is 0.477 e. The smallest absolute Gasteiger partial charge is 0.352 e. The van der Waals surface area contributed by atoms with E-state index in [-0.39, 0.29) is 41.9 Å². The fraction of sp³-hybridized carbons (Fsp3) is 0.333. The Kier molecular flexibility index (Phi) is 7.23. The number of amides is 3. The number of imidazole rings is 1. The Labute approximate surface area is 232 Å². The van der Waals surface area contributed by atoms with Crippen molar-refractivity contribution >= 4 is 74.0 Å². The minimum Gasteiger partial charge on any atom is -0.477 e. The van der Waals surface area contributed by atoms with Crippen molar-refractivity contribution in [1.82, 2.24) is 24.0 Å². The Balaban J connectivity index is 1.34. The number of nitrogens with one attached hydrogen (secondary N) is 1. The van der Waals surface area contributed by atoms with Gasteiger partial charge >= 0.3 is 5.97 Å². The molecule has 3 aromatic rings. The number of nitrogen functional groups attached to an aromatic ring is 1. The zero-order valence-electron chi connectivity index (χ0n) is 20.3. The van der Waals surface area contributed by atoms with E-state index in [4.69, 9.17) is 16.3 Å². The lowest BCUT2D eigenvalue weighted by Gasteiger charge is -2.49. The monoisotopic (exact) mass is 592 g/mol. The van der Waals surface area contributed by atoms with Crippen LogP contribution in [0.25, 0.3) is 4.83 Å². The maximum atomic E-state index is 13.1. The number of carboxylic acids is 1. The molecule has 3 aromatic heterocycles. The Morgan fingerprint density at radius 1 is 1.38 bits per heavy atom. The first-order valence-corrected chi connectivity index (χ1v) is 14.1. The third-order valence-corrected chi connectivity index (χ3v) is 8.64. The number of oxime groups is 1. The average Bonchev–Trinajstić information content (AvgIpc) is 3.59. The number of nitrogens with zero attached hydrogens (tertiary/aromatic N) is 6. The molecule has 3 amide bonds. The van der Waals surface area contributed by atoms with Gasteiger partial charge in [-0.2, -0.15) is 13.8 Å². The molecule has 2 atom stereocenters. The second kappa shape index (κ2) is 10.6. The third-order valence-electron chi connectivity index (χ3n) is 5.82. The third kappa shape index (κ3) is 5.04. The van der Waals surface area contributed by atoms with Gasteiger partial charge in [0.1, 0.15) is 42.2 Å². The minimum atomic E-state index is -1.25. The number of β-lactam (4-membered cyclic amide) rings is 1. The first-order valence-electron chi connectivity index (χ1n) is 11.4. The number of hydrogen-bond acceptors (Lipinski definition) is 12. The molecular weight excluding hydrogens is 570 g/mol. The van der Waals surface area contributed by atoms with Crippen LogP contribution in [0.2, 0.25) is 0 Å². The van der Waals surface area contributed by atoms with Crippen LogP contribution in [-0.4, -0.2) is 76.9 Å². The highest BCUT2D eigenvalue weighted by molar-refractivity contribution is 8.00. The Hall–Kier alpha value is -4.03. The molecule has 1 saturated heterocycles. The summed E-state index contributed by atoms with van der Waals surface area (Å²) in [7, 11) is 0. The van der Waals surface area contributed by atoms with Gasteiger partial charge in [-0.3, -0.25) is 19.3 Å². The summed E-state index contributed by atoms with van der Waals surface area (Å²) in [4.78, 5) is 60.7. The van der Waals surface area contributed by atoms with E-state index < -0.39 is 35.1 Å². The molecule has 18 heteroatoms. The lowest BCUT2D eigenvalue weighted by Crippen LogP contribution is -2.71. The van der Waals surface area contributed by atoms with Crippen LogP contribution in [0.15, 0.2) is 34.3 Å². The number of nitrogens with two attached hydrogens (primary N) is 2. The van der Waals surface area contributed by atoms with Crippen LogP contribution in [-0.2, 0) is 37.0 Å². The molecule has 39 heavy (non-hydrogen) atoms. The zero-order valence-corrected chi connectivity index (χ0v) is 22.7. The van der Waals surface area contributed by atoms with Gasteiger partial charge in [0.25, 0.3) is 11.8 Å². The molecule has 1 fully saturated rings. The predicted molar refractivity (Wildman–Crippen MR) is 141 cm³/mol. The van der Waals surface area contributed by atoms with Crippen LogP contribution >= 0.6 is 34.6 Å². The van der Waals surface area contributed by atoms with Gasteiger partial charge in [-0.05, 0) is 6.92 Å². The SMILES string of the molecule is CCO/N=C(\C(=O)N[C@@H]1C(=O)N2C(C(=O)O)=C(C[n+]3cc4scc(CC(N)=O)n4c3)CS[C@H]12)c1nsc(N)n1. The lowest BCUT2D eigenvalue weighted by atomic mass is 10.0. The van der Waals surface area contributed by atoms with Crippen molar-refractivity contribution < 1.29 is 33.7 Å². The molecule has 0 spiro atoms. The molecule has 204 valence electrons. The summed E-state index contributed by atoms with van der Waals surface area (Å²) in [5.41, 5.74) is 11.8. The molecule has 2 aliphatic rings. The van der Waals surface area contributed by atoms with Gasteiger partial charge < -0.3 is 26.7 Å². The summed E-state index contributed by atoms with van der Waals surface area (Å²) >= 11 is 3.64. The van der Waals surface area contributed by atoms with E-state index in [0.717, 1.165) is 22.1 Å². The van der Waals surface area contributed by atoms with Gasteiger partial charge in [0.2, 0.25) is 28.6 Å². The van der Waals surface area contributed by atoms with Crippen molar-refractivity contribution in [3.63, 3.8) is 0 Å². The fourth-order valence-electron chi connectivity index (χ4n) is 4.20. The maximum Gasteiger partial charge on any atom is 0.352 e. The van der Waals surface area contributed by atoms with Gasteiger partial charge in [-0.15, -0.1) is 11.8 Å². The number of anilines is 1. The van der Waals surface area contributed by atoms with E-state index in [1.807, 2.05) is 16.0 Å². The van der Waals surface area contributed by atoms with Crippen LogP contribution in [0, 0.1) is 0 Å². The number of thiazole rings is 1. The van der Waals surface area contributed by atoms with Crippen molar-refractivity contribution in [1.29, 1.82) is 0 Å². The van der Waals surface area contributed by atoms with Crippen molar-refractivity contribution in [2.75, 3.05) is 18.1 Å². The fourth-order valence-corrected chi connectivity index (χ4v) is 6.90. The van der Waals surface area contributed by atoms with E-state index in [9.17, 15) is 24.3 Å². The summed E-state index contributed by atoms with van der Waals surface area (Å²) in [5, 5.41) is 17.7. The van der Waals surface area contributed by atoms with E-state index in [0.29, 0.717) is 11.3 Å². The number of thioether (sulfide) groups is 1. The van der Waals surface area contributed by atoms with Crippen LogP contribution < -0.4 is 21.4 Å². The number of hydrogen-bond donors (Lipinski definition) is 4. The predicted octanol–water partition coefficient (Wildman–Crippen LogP) is -1.07. The van der Waals surface area contributed by atoms with Crippen LogP contribution in [0.3, 0.4) is 0 Å². The second-order valence-corrected chi connectivity index (χ2v) is 11.2. The van der Waals surface area contributed by atoms with Crippen molar-refractivity contribution in [3.05, 3.63) is 40.7 Å². The molecule has 0 radical (unpaired) electrons. The Bertz CT molecular complexity index is 1560. The van der Waals surface area contributed by atoms with E-state index >= 15 is 0 Å². The molecule has 5 rings (SSSR count). The molecule has 6 N–H and O–H groups in total.